The predicted molar refractivity (Wildman–Crippen MR) is 43.0 cm³/mol. The van der Waals surface area contributed by atoms with E-state index < -0.39 is 11.9 Å². The summed E-state index contributed by atoms with van der Waals surface area (Å²) in [6.07, 6.45) is 0.916. The van der Waals surface area contributed by atoms with E-state index in [0.29, 0.717) is 4.88 Å². The Kier molecular flexibility index (Phi) is 2.60. The van der Waals surface area contributed by atoms with Gasteiger partial charge >= 0.3 is 5.97 Å². The van der Waals surface area contributed by atoms with Gasteiger partial charge in [0.1, 0.15) is 0 Å². The van der Waals surface area contributed by atoms with Gasteiger partial charge in [0.25, 0.3) is 5.92 Å². The maximum atomic E-state index is 12.6. The van der Waals surface area contributed by atoms with E-state index in [0.717, 1.165) is 18.3 Å². The lowest BCUT2D eigenvalue weighted by Crippen LogP contribution is -2.05. The van der Waals surface area contributed by atoms with Crippen molar-refractivity contribution in [2.75, 3.05) is 0 Å². The van der Waals surface area contributed by atoms with Crippen LogP contribution < -0.4 is 0 Å². The molecule has 1 aromatic rings. The molecule has 0 saturated carbocycles. The average Bonchev–Trinajstić information content (AvgIpc) is 2.32. The molecule has 0 unspecified atom stereocenters. The van der Waals surface area contributed by atoms with Crippen LogP contribution in [-0.2, 0) is 17.1 Å². The van der Waals surface area contributed by atoms with Crippen LogP contribution in [0.3, 0.4) is 0 Å². The Bertz CT molecular complexity index is 319. The van der Waals surface area contributed by atoms with Gasteiger partial charge in [-0.05, 0) is 0 Å². The maximum Gasteiger partial charge on any atom is 0.308 e. The number of nitrogens with zero attached hydrogens (tertiary/aromatic N) is 1. The molecule has 13 heavy (non-hydrogen) atoms. The number of rotatable bonds is 3. The summed E-state index contributed by atoms with van der Waals surface area (Å²) in [4.78, 5) is 14.0. The van der Waals surface area contributed by atoms with Gasteiger partial charge in [-0.1, -0.05) is 0 Å². The number of hydrogen-bond donors (Lipinski definition) is 1. The second-order valence-electron chi connectivity index (χ2n) is 2.59. The van der Waals surface area contributed by atoms with Gasteiger partial charge in [0.15, 0.2) is 5.01 Å². The molecule has 0 saturated heterocycles. The summed E-state index contributed by atoms with van der Waals surface area (Å²) in [5.41, 5.74) is 0. The summed E-state index contributed by atoms with van der Waals surface area (Å²) in [7, 11) is 0. The highest BCUT2D eigenvalue weighted by molar-refractivity contribution is 7.11. The molecule has 0 aliphatic heterocycles. The van der Waals surface area contributed by atoms with Crippen LogP contribution in [0.15, 0.2) is 6.20 Å². The summed E-state index contributed by atoms with van der Waals surface area (Å²) in [5.74, 6) is -4.03. The topological polar surface area (TPSA) is 50.2 Å². The number of carboxylic acids is 1. The Hall–Kier alpha value is -1.04. The zero-order valence-electron chi connectivity index (χ0n) is 6.75. The van der Waals surface area contributed by atoms with Gasteiger partial charge in [-0.2, -0.15) is 8.78 Å². The highest BCUT2D eigenvalue weighted by Crippen LogP contribution is 2.30. The number of aliphatic carboxylic acids is 1. The summed E-state index contributed by atoms with van der Waals surface area (Å²) in [5, 5.41) is 8.03. The molecule has 0 aromatic carbocycles. The van der Waals surface area contributed by atoms with Gasteiger partial charge in [-0.3, -0.25) is 4.79 Å². The van der Waals surface area contributed by atoms with Crippen LogP contribution >= 0.6 is 11.3 Å². The van der Waals surface area contributed by atoms with Crippen LogP contribution in [0, 0.1) is 0 Å². The van der Waals surface area contributed by atoms with Crippen molar-refractivity contribution in [1.82, 2.24) is 4.98 Å². The van der Waals surface area contributed by atoms with Crippen LogP contribution in [-0.4, -0.2) is 16.1 Å². The number of carbonyl (C=O) groups is 1. The molecule has 6 heteroatoms. The molecule has 72 valence electrons. The Balaban J connectivity index is 2.81. The summed E-state index contributed by atoms with van der Waals surface area (Å²) >= 11 is 0.726. The lowest BCUT2D eigenvalue weighted by atomic mass is 10.4. The third kappa shape index (κ3) is 2.73. The zero-order chi connectivity index (χ0) is 10.1. The van der Waals surface area contributed by atoms with E-state index in [9.17, 15) is 13.6 Å². The number of halogens is 2. The Morgan fingerprint density at radius 2 is 2.38 bits per heavy atom. The number of thiazole rings is 1. The highest BCUT2D eigenvalue weighted by Gasteiger charge is 2.28. The first-order valence-electron chi connectivity index (χ1n) is 3.44. The normalized spacial score (nSPS) is 11.6. The van der Waals surface area contributed by atoms with Crippen molar-refractivity contribution in [2.45, 2.75) is 19.3 Å². The molecule has 0 radical (unpaired) electrons. The molecular weight excluding hydrogens is 200 g/mol. The Labute approximate surface area is 77.0 Å². The third-order valence-electron chi connectivity index (χ3n) is 1.25. The second-order valence-corrected chi connectivity index (χ2v) is 3.71. The average molecular weight is 207 g/mol. The van der Waals surface area contributed by atoms with E-state index >= 15 is 0 Å². The molecule has 0 fully saturated rings. The minimum Gasteiger partial charge on any atom is -0.481 e. The van der Waals surface area contributed by atoms with Gasteiger partial charge in [0.05, 0.1) is 6.42 Å². The molecule has 0 atom stereocenters. The maximum absolute atomic E-state index is 12.6. The van der Waals surface area contributed by atoms with Gasteiger partial charge in [-0.25, -0.2) is 4.98 Å². The Morgan fingerprint density at radius 1 is 1.77 bits per heavy atom. The molecule has 0 aliphatic carbocycles. The van der Waals surface area contributed by atoms with E-state index in [1.54, 1.807) is 0 Å². The van der Waals surface area contributed by atoms with Crippen LogP contribution in [0.2, 0.25) is 0 Å². The van der Waals surface area contributed by atoms with Crippen molar-refractivity contribution in [3.63, 3.8) is 0 Å². The molecule has 1 heterocycles. The molecule has 3 nitrogen and oxygen atoms in total. The lowest BCUT2D eigenvalue weighted by molar-refractivity contribution is -0.136. The van der Waals surface area contributed by atoms with Gasteiger partial charge in [0, 0.05) is 18.0 Å². The fourth-order valence-electron chi connectivity index (χ4n) is 0.741. The smallest absolute Gasteiger partial charge is 0.308 e. The van der Waals surface area contributed by atoms with Gasteiger partial charge < -0.3 is 5.11 Å². The minimum absolute atomic E-state index is 0.256. The molecule has 0 aliphatic rings. The van der Waals surface area contributed by atoms with Gasteiger partial charge in [0.2, 0.25) is 0 Å². The number of aromatic nitrogens is 1. The van der Waals surface area contributed by atoms with Crippen LogP contribution in [0.4, 0.5) is 8.78 Å². The third-order valence-corrected chi connectivity index (χ3v) is 2.42. The van der Waals surface area contributed by atoms with Crippen molar-refractivity contribution < 1.29 is 18.7 Å². The largest absolute Gasteiger partial charge is 0.481 e. The molecule has 1 rings (SSSR count). The summed E-state index contributed by atoms with van der Waals surface area (Å²) in [6, 6.07) is 0. The minimum atomic E-state index is -2.98. The van der Waals surface area contributed by atoms with E-state index in [1.165, 1.54) is 6.20 Å². The van der Waals surface area contributed by atoms with Crippen LogP contribution in [0.1, 0.15) is 16.8 Å². The summed E-state index contributed by atoms with van der Waals surface area (Å²) in [6.45, 7) is 0.733. The van der Waals surface area contributed by atoms with E-state index in [2.05, 4.69) is 4.98 Å². The van der Waals surface area contributed by atoms with Crippen LogP contribution in [0.25, 0.3) is 0 Å². The number of hydrogen-bond acceptors (Lipinski definition) is 3. The molecular formula is C7H7F2NO2S. The first-order chi connectivity index (χ1) is 5.89. The van der Waals surface area contributed by atoms with E-state index in [-0.39, 0.29) is 11.4 Å². The quantitative estimate of drug-likeness (QED) is 0.823. The molecule has 0 spiro atoms. The molecule has 1 aromatic heterocycles. The zero-order valence-corrected chi connectivity index (χ0v) is 7.57. The fourth-order valence-corrected chi connectivity index (χ4v) is 1.58. The SMILES string of the molecule is CC(F)(F)c1ncc(CC(=O)O)s1. The van der Waals surface area contributed by atoms with Gasteiger partial charge in [-0.15, -0.1) is 11.3 Å². The molecule has 0 amide bonds. The van der Waals surface area contributed by atoms with E-state index in [4.69, 9.17) is 5.11 Å². The lowest BCUT2D eigenvalue weighted by Gasteiger charge is -2.03. The summed E-state index contributed by atoms with van der Waals surface area (Å²) < 4.78 is 25.2. The fraction of sp³-hybridized carbons (Fsp3) is 0.429. The Morgan fingerprint density at radius 3 is 2.77 bits per heavy atom. The monoisotopic (exact) mass is 207 g/mol. The van der Waals surface area contributed by atoms with Crippen molar-refractivity contribution in [1.29, 1.82) is 0 Å². The molecule has 0 bridgehead atoms. The number of carboxylic acid groups (broad SMARTS) is 1. The first kappa shape index (κ1) is 10.0. The predicted octanol–water partition coefficient (Wildman–Crippen LogP) is 1.88. The van der Waals surface area contributed by atoms with Crippen molar-refractivity contribution in [3.8, 4) is 0 Å². The van der Waals surface area contributed by atoms with E-state index in [1.807, 2.05) is 0 Å². The first-order valence-corrected chi connectivity index (χ1v) is 4.26. The number of alkyl halides is 2. The molecule has 1 N–H and O–H groups in total. The highest BCUT2D eigenvalue weighted by atomic mass is 32.1. The van der Waals surface area contributed by atoms with Crippen LogP contribution in [0.5, 0.6) is 0 Å². The van der Waals surface area contributed by atoms with Crippen molar-refractivity contribution >= 4 is 17.3 Å². The second kappa shape index (κ2) is 3.37. The standard InChI is InChI=1S/C7H7F2NO2S/c1-7(8,9)6-10-3-4(13-6)2-5(11)12/h3H,2H2,1H3,(H,11,12). The van der Waals surface area contributed by atoms with Crippen molar-refractivity contribution in [3.05, 3.63) is 16.1 Å². The van der Waals surface area contributed by atoms with Crippen molar-refractivity contribution in [2.24, 2.45) is 0 Å².